The van der Waals surface area contributed by atoms with Crippen molar-refractivity contribution in [3.63, 3.8) is 0 Å². The number of hydrogen-bond donors (Lipinski definition) is 1. The molecule has 0 unspecified atom stereocenters. The van der Waals surface area contributed by atoms with E-state index in [1.54, 1.807) is 0 Å². The van der Waals surface area contributed by atoms with Gasteiger partial charge in [0.1, 0.15) is 0 Å². The lowest BCUT2D eigenvalue weighted by molar-refractivity contribution is -0.0324. The highest BCUT2D eigenvalue weighted by Gasteiger charge is 2.35. The second-order valence-electron chi connectivity index (χ2n) is 6.91. The highest BCUT2D eigenvalue weighted by Crippen LogP contribution is 2.39. The summed E-state index contributed by atoms with van der Waals surface area (Å²) in [4.78, 5) is 2.46. The zero-order valence-electron chi connectivity index (χ0n) is 12.8. The molecular weight excluding hydrogens is 246 g/mol. The van der Waals surface area contributed by atoms with Crippen LogP contribution in [0, 0.1) is 0 Å². The summed E-state index contributed by atoms with van der Waals surface area (Å²) in [6, 6.07) is 9.35. The number of nitrogens with zero attached hydrogens (tertiary/aromatic N) is 1. The van der Waals surface area contributed by atoms with E-state index in [0.717, 1.165) is 37.4 Å². The van der Waals surface area contributed by atoms with Gasteiger partial charge in [-0.2, -0.15) is 0 Å². The van der Waals surface area contributed by atoms with Crippen LogP contribution in [0.4, 0.5) is 0 Å². The van der Waals surface area contributed by atoms with E-state index in [2.05, 4.69) is 43.0 Å². The van der Waals surface area contributed by atoms with Gasteiger partial charge >= 0.3 is 0 Å². The maximum atomic E-state index is 11.0. The highest BCUT2D eigenvalue weighted by atomic mass is 16.3. The average molecular weight is 273 g/mol. The summed E-state index contributed by atoms with van der Waals surface area (Å²) in [7, 11) is 0. The second kappa shape index (κ2) is 5.50. The zero-order valence-corrected chi connectivity index (χ0v) is 12.8. The van der Waals surface area contributed by atoms with Gasteiger partial charge in [-0.3, -0.25) is 0 Å². The molecule has 2 nitrogen and oxygen atoms in total. The van der Waals surface area contributed by atoms with Gasteiger partial charge < -0.3 is 10.0 Å². The molecule has 1 saturated carbocycles. The molecule has 1 heterocycles. The first-order chi connectivity index (χ1) is 9.58. The van der Waals surface area contributed by atoms with Crippen LogP contribution in [0.15, 0.2) is 24.3 Å². The van der Waals surface area contributed by atoms with E-state index < -0.39 is 5.60 Å². The molecule has 0 amide bonds. The molecule has 110 valence electrons. The molecular formula is C18H27NO. The Balaban J connectivity index is 1.75. The lowest BCUT2D eigenvalue weighted by Gasteiger charge is -2.40. The van der Waals surface area contributed by atoms with Crippen molar-refractivity contribution >= 4 is 0 Å². The van der Waals surface area contributed by atoms with Gasteiger partial charge in [0.25, 0.3) is 0 Å². The lowest BCUT2D eigenvalue weighted by Crippen LogP contribution is -2.45. The summed E-state index contributed by atoms with van der Waals surface area (Å²) in [5.41, 5.74) is 1.98. The van der Waals surface area contributed by atoms with Crippen LogP contribution in [0.1, 0.15) is 63.0 Å². The summed E-state index contributed by atoms with van der Waals surface area (Å²) in [6.45, 7) is 6.48. The molecule has 3 rings (SSSR count). The van der Waals surface area contributed by atoms with Crippen LogP contribution in [-0.4, -0.2) is 29.1 Å². The molecule has 0 atom stereocenters. The topological polar surface area (TPSA) is 23.5 Å². The lowest BCUT2D eigenvalue weighted by atomic mass is 9.77. The van der Waals surface area contributed by atoms with E-state index in [4.69, 9.17) is 0 Å². The van der Waals surface area contributed by atoms with Crippen molar-refractivity contribution in [2.24, 2.45) is 0 Å². The van der Waals surface area contributed by atoms with Gasteiger partial charge in [-0.25, -0.2) is 0 Å². The number of hydrogen-bond acceptors (Lipinski definition) is 2. The Labute approximate surface area is 122 Å². The fraction of sp³-hybridized carbons (Fsp3) is 0.667. The number of piperidine rings is 1. The van der Waals surface area contributed by atoms with E-state index in [1.807, 2.05) is 0 Å². The van der Waals surface area contributed by atoms with Crippen molar-refractivity contribution in [1.29, 1.82) is 0 Å². The number of benzene rings is 1. The predicted octanol–water partition coefficient (Wildman–Crippen LogP) is 3.65. The molecule has 2 fully saturated rings. The van der Waals surface area contributed by atoms with Crippen molar-refractivity contribution in [3.05, 3.63) is 35.4 Å². The maximum absolute atomic E-state index is 11.0. The van der Waals surface area contributed by atoms with E-state index in [1.165, 1.54) is 24.8 Å². The van der Waals surface area contributed by atoms with Crippen molar-refractivity contribution in [2.45, 2.75) is 63.5 Å². The smallest absolute Gasteiger partial charge is 0.0921 e. The van der Waals surface area contributed by atoms with Crippen LogP contribution < -0.4 is 0 Å². The molecule has 1 aromatic rings. The second-order valence-corrected chi connectivity index (χ2v) is 6.91. The van der Waals surface area contributed by atoms with Crippen LogP contribution in [0.2, 0.25) is 0 Å². The van der Waals surface area contributed by atoms with Gasteiger partial charge in [0, 0.05) is 19.1 Å². The minimum atomic E-state index is -0.606. The Morgan fingerprint density at radius 3 is 2.45 bits per heavy atom. The first-order valence-electron chi connectivity index (χ1n) is 8.15. The molecule has 1 aliphatic carbocycles. The zero-order chi connectivity index (χ0) is 14.2. The third kappa shape index (κ3) is 2.64. The minimum absolute atomic E-state index is 0.584. The van der Waals surface area contributed by atoms with Crippen LogP contribution in [0.3, 0.4) is 0 Å². The van der Waals surface area contributed by atoms with E-state index in [9.17, 15) is 5.11 Å². The van der Waals surface area contributed by atoms with Crippen LogP contribution >= 0.6 is 0 Å². The Kier molecular flexibility index (Phi) is 3.87. The fourth-order valence-corrected chi connectivity index (χ4v) is 3.52. The third-order valence-electron chi connectivity index (χ3n) is 5.36. The van der Waals surface area contributed by atoms with Crippen molar-refractivity contribution in [2.75, 3.05) is 13.1 Å². The summed E-state index contributed by atoms with van der Waals surface area (Å²) in [5, 5.41) is 11.0. The summed E-state index contributed by atoms with van der Waals surface area (Å²) >= 11 is 0. The van der Waals surface area contributed by atoms with Gasteiger partial charge in [0.15, 0.2) is 0 Å². The first-order valence-corrected chi connectivity index (χ1v) is 8.15. The number of likely N-dealkylation sites (tertiary alicyclic amines) is 1. The van der Waals surface area contributed by atoms with Gasteiger partial charge in [-0.15, -0.1) is 0 Å². The maximum Gasteiger partial charge on any atom is 0.0921 e. The molecule has 20 heavy (non-hydrogen) atoms. The molecule has 0 spiro atoms. The fourth-order valence-electron chi connectivity index (χ4n) is 3.52. The van der Waals surface area contributed by atoms with Crippen molar-refractivity contribution < 1.29 is 5.11 Å². The Bertz CT molecular complexity index is 456. The van der Waals surface area contributed by atoms with Gasteiger partial charge in [-0.1, -0.05) is 30.7 Å². The predicted molar refractivity (Wildman–Crippen MR) is 82.9 cm³/mol. The van der Waals surface area contributed by atoms with Crippen molar-refractivity contribution in [1.82, 2.24) is 4.90 Å². The molecule has 0 aromatic heterocycles. The van der Waals surface area contributed by atoms with Crippen LogP contribution in [0.5, 0.6) is 0 Å². The summed E-state index contributed by atoms with van der Waals surface area (Å²) in [5.74, 6) is 0.745. The van der Waals surface area contributed by atoms with E-state index in [0.29, 0.717) is 6.04 Å². The Morgan fingerprint density at radius 1 is 1.20 bits per heavy atom. The standard InChI is InChI=1S/C18H27NO/c1-14(2)19-11-9-18(20,10-12-19)17-8-4-7-16(13-17)15-5-3-6-15/h4,7-8,13-15,20H,3,5-6,9-12H2,1-2H3. The number of rotatable bonds is 3. The molecule has 0 radical (unpaired) electrons. The monoisotopic (exact) mass is 273 g/mol. The molecule has 0 bridgehead atoms. The van der Waals surface area contributed by atoms with Crippen molar-refractivity contribution in [3.8, 4) is 0 Å². The quantitative estimate of drug-likeness (QED) is 0.908. The third-order valence-corrected chi connectivity index (χ3v) is 5.36. The van der Waals surface area contributed by atoms with Gasteiger partial charge in [-0.05, 0) is 56.6 Å². The SMILES string of the molecule is CC(C)N1CCC(O)(c2cccc(C3CCC3)c2)CC1. The normalized spacial score (nSPS) is 23.8. The van der Waals surface area contributed by atoms with E-state index in [-0.39, 0.29) is 0 Å². The molecule has 2 heteroatoms. The molecule has 2 aliphatic rings. The van der Waals surface area contributed by atoms with Gasteiger partial charge in [0.05, 0.1) is 5.60 Å². The van der Waals surface area contributed by atoms with E-state index >= 15 is 0 Å². The van der Waals surface area contributed by atoms with Crippen LogP contribution in [-0.2, 0) is 5.60 Å². The van der Waals surface area contributed by atoms with Gasteiger partial charge in [0.2, 0.25) is 0 Å². The molecule has 1 aliphatic heterocycles. The first kappa shape index (κ1) is 14.1. The summed E-state index contributed by atoms with van der Waals surface area (Å²) < 4.78 is 0. The number of aliphatic hydroxyl groups is 1. The molecule has 1 saturated heterocycles. The molecule has 1 N–H and O–H groups in total. The van der Waals surface area contributed by atoms with Crippen LogP contribution in [0.25, 0.3) is 0 Å². The Morgan fingerprint density at radius 2 is 1.90 bits per heavy atom. The Hall–Kier alpha value is -0.860. The average Bonchev–Trinajstić information content (AvgIpc) is 2.37. The minimum Gasteiger partial charge on any atom is -0.385 e. The highest BCUT2D eigenvalue weighted by molar-refractivity contribution is 5.31. The molecule has 1 aromatic carbocycles. The summed E-state index contributed by atoms with van der Waals surface area (Å²) in [6.07, 6.45) is 5.73. The largest absolute Gasteiger partial charge is 0.385 e.